The molecule has 0 fully saturated rings. The van der Waals surface area contributed by atoms with Crippen LogP contribution in [0.2, 0.25) is 0 Å². The Morgan fingerprint density at radius 3 is 2.69 bits per heavy atom. The van der Waals surface area contributed by atoms with Crippen molar-refractivity contribution in [3.8, 4) is 0 Å². The van der Waals surface area contributed by atoms with E-state index in [0.29, 0.717) is 6.42 Å². The van der Waals surface area contributed by atoms with E-state index in [1.807, 2.05) is 35.7 Å². The van der Waals surface area contributed by atoms with Crippen molar-refractivity contribution >= 4 is 43.2 Å². The van der Waals surface area contributed by atoms with Gasteiger partial charge in [0.1, 0.15) is 0 Å². The summed E-state index contributed by atoms with van der Waals surface area (Å²) < 4.78 is 2.07. The Morgan fingerprint density at radius 2 is 2.06 bits per heavy atom. The molecule has 1 atom stereocenters. The van der Waals surface area contributed by atoms with Gasteiger partial charge in [-0.15, -0.1) is 11.3 Å². The second kappa shape index (κ2) is 5.45. The van der Waals surface area contributed by atoms with Crippen LogP contribution in [0.1, 0.15) is 16.5 Å². The Hall–Kier alpha value is -0.160. The number of aliphatic hydroxyl groups excluding tert-OH is 1. The summed E-state index contributed by atoms with van der Waals surface area (Å²) in [5.41, 5.74) is 0.940. The van der Waals surface area contributed by atoms with Gasteiger partial charge in [-0.3, -0.25) is 0 Å². The van der Waals surface area contributed by atoms with E-state index in [4.69, 9.17) is 0 Å². The number of rotatable bonds is 3. The van der Waals surface area contributed by atoms with Gasteiger partial charge in [0.25, 0.3) is 0 Å². The molecule has 0 saturated heterocycles. The van der Waals surface area contributed by atoms with Crippen molar-refractivity contribution in [2.24, 2.45) is 0 Å². The average Bonchev–Trinajstić information content (AvgIpc) is 2.64. The molecule has 1 aromatic heterocycles. The van der Waals surface area contributed by atoms with Crippen molar-refractivity contribution in [1.29, 1.82) is 0 Å². The summed E-state index contributed by atoms with van der Waals surface area (Å²) >= 11 is 8.54. The molecule has 84 valence electrons. The minimum atomic E-state index is -0.451. The molecule has 0 aliphatic carbocycles. The lowest BCUT2D eigenvalue weighted by Gasteiger charge is -2.10. The smallest absolute Gasteiger partial charge is 0.0839 e. The van der Waals surface area contributed by atoms with Crippen LogP contribution in [0.25, 0.3) is 0 Å². The maximum Gasteiger partial charge on any atom is 0.0839 e. The van der Waals surface area contributed by atoms with Gasteiger partial charge >= 0.3 is 0 Å². The lowest BCUT2D eigenvalue weighted by atomic mass is 10.1. The molecular weight excluding hydrogens is 352 g/mol. The number of halogens is 2. The zero-order valence-electron chi connectivity index (χ0n) is 8.36. The van der Waals surface area contributed by atoms with Crippen LogP contribution in [0.4, 0.5) is 0 Å². The van der Waals surface area contributed by atoms with Crippen molar-refractivity contribution in [3.05, 3.63) is 55.1 Å². The highest BCUT2D eigenvalue weighted by Crippen LogP contribution is 2.28. The summed E-state index contributed by atoms with van der Waals surface area (Å²) in [4.78, 5) is 1.17. The summed E-state index contributed by atoms with van der Waals surface area (Å²) in [5, 5.41) is 12.1. The van der Waals surface area contributed by atoms with Gasteiger partial charge in [0.15, 0.2) is 0 Å². The van der Waals surface area contributed by atoms with Crippen molar-refractivity contribution in [2.45, 2.75) is 12.5 Å². The number of hydrogen-bond acceptors (Lipinski definition) is 2. The first-order valence-electron chi connectivity index (χ1n) is 4.82. The predicted molar refractivity (Wildman–Crippen MR) is 74.8 cm³/mol. The van der Waals surface area contributed by atoms with Crippen LogP contribution in [0.15, 0.2) is 44.7 Å². The fraction of sp³-hybridized carbons (Fsp3) is 0.167. The van der Waals surface area contributed by atoms with Gasteiger partial charge in [-0.05, 0) is 45.1 Å². The molecule has 2 rings (SSSR count). The number of aliphatic hydroxyl groups is 1. The second-order valence-corrected chi connectivity index (χ2v) is 6.24. The van der Waals surface area contributed by atoms with Crippen LogP contribution in [-0.4, -0.2) is 5.11 Å². The summed E-state index contributed by atoms with van der Waals surface area (Å²) in [5.74, 6) is 0. The minimum absolute atomic E-state index is 0.451. The summed E-state index contributed by atoms with van der Waals surface area (Å²) in [6.45, 7) is 0. The highest BCUT2D eigenvalue weighted by atomic mass is 79.9. The summed E-state index contributed by atoms with van der Waals surface area (Å²) in [6.07, 6.45) is 0.196. The number of benzene rings is 1. The molecule has 1 N–H and O–H groups in total. The maximum atomic E-state index is 10.1. The number of thiophene rings is 1. The first-order chi connectivity index (χ1) is 7.66. The van der Waals surface area contributed by atoms with Crippen LogP contribution in [0.5, 0.6) is 0 Å². The normalized spacial score (nSPS) is 12.7. The van der Waals surface area contributed by atoms with Crippen molar-refractivity contribution < 1.29 is 5.11 Å². The quantitative estimate of drug-likeness (QED) is 0.850. The second-order valence-electron chi connectivity index (χ2n) is 3.47. The fourth-order valence-electron chi connectivity index (χ4n) is 1.48. The molecule has 0 aliphatic heterocycles. The van der Waals surface area contributed by atoms with Crippen LogP contribution >= 0.6 is 43.2 Å². The number of hydrogen-bond donors (Lipinski definition) is 1. The zero-order chi connectivity index (χ0) is 11.5. The third kappa shape index (κ3) is 2.94. The van der Waals surface area contributed by atoms with Gasteiger partial charge in [-0.1, -0.05) is 28.1 Å². The van der Waals surface area contributed by atoms with Gasteiger partial charge < -0.3 is 5.11 Å². The van der Waals surface area contributed by atoms with Crippen molar-refractivity contribution in [2.75, 3.05) is 0 Å². The van der Waals surface area contributed by atoms with E-state index < -0.39 is 6.10 Å². The third-order valence-corrected chi connectivity index (χ3v) is 4.75. The standard InChI is InChI=1S/C12H10Br2OS/c13-9-3-1-2-8(6-9)11(15)7-12-10(14)4-5-16-12/h1-6,11,15H,7H2. The predicted octanol–water partition coefficient (Wildman–Crippen LogP) is 4.55. The lowest BCUT2D eigenvalue weighted by molar-refractivity contribution is 0.179. The fourth-order valence-corrected chi connectivity index (χ4v) is 3.45. The molecule has 0 saturated carbocycles. The van der Waals surface area contributed by atoms with Gasteiger partial charge in [0.2, 0.25) is 0 Å². The van der Waals surface area contributed by atoms with Gasteiger partial charge in [-0.25, -0.2) is 0 Å². The minimum Gasteiger partial charge on any atom is -0.388 e. The molecule has 0 radical (unpaired) electrons. The van der Waals surface area contributed by atoms with E-state index in [9.17, 15) is 5.11 Å². The molecule has 0 spiro atoms. The molecular formula is C12H10Br2OS. The van der Waals surface area contributed by atoms with Gasteiger partial charge in [0.05, 0.1) is 6.10 Å². The largest absolute Gasteiger partial charge is 0.388 e. The topological polar surface area (TPSA) is 20.2 Å². The Balaban J connectivity index is 2.14. The molecule has 16 heavy (non-hydrogen) atoms. The molecule has 0 aliphatic rings. The van der Waals surface area contributed by atoms with Crippen molar-refractivity contribution in [3.63, 3.8) is 0 Å². The van der Waals surface area contributed by atoms with Crippen LogP contribution in [-0.2, 0) is 6.42 Å². The van der Waals surface area contributed by atoms with E-state index in [1.165, 1.54) is 4.88 Å². The summed E-state index contributed by atoms with van der Waals surface area (Å²) in [7, 11) is 0. The van der Waals surface area contributed by atoms with Gasteiger partial charge in [0, 0.05) is 20.2 Å². The van der Waals surface area contributed by atoms with E-state index in [1.54, 1.807) is 11.3 Å². The highest BCUT2D eigenvalue weighted by Gasteiger charge is 2.11. The van der Waals surface area contributed by atoms with Crippen LogP contribution < -0.4 is 0 Å². The zero-order valence-corrected chi connectivity index (χ0v) is 12.3. The van der Waals surface area contributed by atoms with E-state index in [-0.39, 0.29) is 0 Å². The molecule has 0 amide bonds. The molecule has 1 aromatic carbocycles. The highest BCUT2D eigenvalue weighted by molar-refractivity contribution is 9.10. The van der Waals surface area contributed by atoms with Crippen LogP contribution in [0, 0.1) is 0 Å². The first-order valence-corrected chi connectivity index (χ1v) is 7.29. The Bertz CT molecular complexity index is 481. The molecule has 1 heterocycles. The summed E-state index contributed by atoms with van der Waals surface area (Å²) in [6, 6.07) is 9.79. The molecule has 0 bridgehead atoms. The van der Waals surface area contributed by atoms with Gasteiger partial charge in [-0.2, -0.15) is 0 Å². The molecule has 2 aromatic rings. The third-order valence-electron chi connectivity index (χ3n) is 2.30. The SMILES string of the molecule is OC(Cc1sccc1Br)c1cccc(Br)c1. The Morgan fingerprint density at radius 1 is 1.25 bits per heavy atom. The maximum absolute atomic E-state index is 10.1. The Kier molecular flexibility index (Phi) is 4.19. The monoisotopic (exact) mass is 360 g/mol. The van der Waals surface area contributed by atoms with E-state index in [2.05, 4.69) is 31.9 Å². The average molecular weight is 362 g/mol. The molecule has 1 unspecified atom stereocenters. The molecule has 1 nitrogen and oxygen atoms in total. The first kappa shape index (κ1) is 12.3. The van der Waals surface area contributed by atoms with E-state index >= 15 is 0 Å². The van der Waals surface area contributed by atoms with Crippen LogP contribution in [0.3, 0.4) is 0 Å². The Labute approximate surface area is 115 Å². The van der Waals surface area contributed by atoms with Crippen molar-refractivity contribution in [1.82, 2.24) is 0 Å². The lowest BCUT2D eigenvalue weighted by Crippen LogP contribution is -2.00. The molecule has 4 heteroatoms. The van der Waals surface area contributed by atoms with E-state index in [0.717, 1.165) is 14.5 Å².